The Hall–Kier alpha value is -2.42. The molecule has 3 aromatic rings. The molecule has 1 aromatic carbocycles. The van der Waals surface area contributed by atoms with Crippen LogP contribution in [0.5, 0.6) is 0 Å². The van der Waals surface area contributed by atoms with Crippen LogP contribution in [0, 0.1) is 6.92 Å². The average molecular weight is 476 g/mol. The molecule has 0 amide bonds. The number of halogens is 1. The summed E-state index contributed by atoms with van der Waals surface area (Å²) in [5, 5.41) is 6.67. The Bertz CT molecular complexity index is 860. The predicted molar refractivity (Wildman–Crippen MR) is 120 cm³/mol. The van der Waals surface area contributed by atoms with E-state index in [1.54, 1.807) is 12.5 Å². The van der Waals surface area contributed by atoms with Gasteiger partial charge in [-0.2, -0.15) is 0 Å². The molecule has 0 aliphatic rings. The lowest BCUT2D eigenvalue weighted by Crippen LogP contribution is -2.36. The van der Waals surface area contributed by atoms with Crippen molar-refractivity contribution in [3.63, 3.8) is 0 Å². The Balaban J connectivity index is 0.00000261. The van der Waals surface area contributed by atoms with E-state index in [0.29, 0.717) is 13.1 Å². The van der Waals surface area contributed by atoms with Gasteiger partial charge in [0.05, 0.1) is 6.54 Å². The van der Waals surface area contributed by atoms with Crippen molar-refractivity contribution < 1.29 is 0 Å². The predicted octanol–water partition coefficient (Wildman–Crippen LogP) is 3.45. The Kier molecular flexibility index (Phi) is 8.25. The Morgan fingerprint density at radius 2 is 2.00 bits per heavy atom. The molecule has 3 rings (SSSR count). The third-order valence-electron chi connectivity index (χ3n) is 3.89. The zero-order chi connectivity index (χ0) is 18.2. The van der Waals surface area contributed by atoms with Gasteiger partial charge in [0, 0.05) is 31.7 Å². The monoisotopic (exact) mass is 476 g/mol. The summed E-state index contributed by atoms with van der Waals surface area (Å²) in [5.74, 6) is 1.65. The normalized spacial score (nSPS) is 11.0. The van der Waals surface area contributed by atoms with Crippen molar-refractivity contribution in [2.24, 2.45) is 4.99 Å². The van der Waals surface area contributed by atoms with Gasteiger partial charge in [-0.3, -0.25) is 4.57 Å². The molecule has 0 spiro atoms. The van der Waals surface area contributed by atoms with Gasteiger partial charge in [0.2, 0.25) is 0 Å². The second-order valence-electron chi connectivity index (χ2n) is 6.03. The molecule has 0 unspecified atom stereocenters. The van der Waals surface area contributed by atoms with E-state index in [1.165, 1.54) is 11.1 Å². The molecule has 2 N–H and O–H groups in total. The summed E-state index contributed by atoms with van der Waals surface area (Å²) in [7, 11) is 0. The number of benzene rings is 1. The van der Waals surface area contributed by atoms with Gasteiger partial charge in [0.1, 0.15) is 12.1 Å². The zero-order valence-corrected chi connectivity index (χ0v) is 17.9. The van der Waals surface area contributed by atoms with Crippen LogP contribution in [0.25, 0.3) is 5.82 Å². The molecule has 0 atom stereocenters. The maximum absolute atomic E-state index is 4.68. The number of hydrogen-bond acceptors (Lipinski definition) is 3. The van der Waals surface area contributed by atoms with Crippen molar-refractivity contribution >= 4 is 29.9 Å². The van der Waals surface area contributed by atoms with Gasteiger partial charge in [-0.05, 0) is 37.1 Å². The van der Waals surface area contributed by atoms with Gasteiger partial charge in [-0.15, -0.1) is 24.0 Å². The third kappa shape index (κ3) is 6.35. The Labute approximate surface area is 177 Å². The van der Waals surface area contributed by atoms with E-state index in [1.807, 2.05) is 29.1 Å². The number of nitrogens with zero attached hydrogens (tertiary/aromatic N) is 4. The van der Waals surface area contributed by atoms with E-state index >= 15 is 0 Å². The lowest BCUT2D eigenvalue weighted by molar-refractivity contribution is 0.813. The fourth-order valence-electron chi connectivity index (χ4n) is 2.61. The summed E-state index contributed by atoms with van der Waals surface area (Å²) in [6, 6.07) is 12.5. The summed E-state index contributed by atoms with van der Waals surface area (Å²) >= 11 is 0. The van der Waals surface area contributed by atoms with Crippen LogP contribution in [-0.4, -0.2) is 27.0 Å². The highest BCUT2D eigenvalue weighted by Gasteiger charge is 2.02. The lowest BCUT2D eigenvalue weighted by Gasteiger charge is -2.12. The summed E-state index contributed by atoms with van der Waals surface area (Å²) < 4.78 is 1.89. The van der Waals surface area contributed by atoms with Crippen molar-refractivity contribution in [3.8, 4) is 5.82 Å². The molecular formula is C20H25IN6. The minimum absolute atomic E-state index is 0. The standard InChI is InChI=1S/C20H24N6.HI/c1-3-22-20(24-13-17-6-4-5-16(2)11-17)25-14-18-7-8-23-19(12-18)26-10-9-21-15-26;/h4-12,15H,3,13-14H2,1-2H3,(H2,22,24,25);1H. The molecular weight excluding hydrogens is 451 g/mol. The van der Waals surface area contributed by atoms with Gasteiger partial charge >= 0.3 is 0 Å². The number of aliphatic imine (C=N–C) groups is 1. The van der Waals surface area contributed by atoms with E-state index in [0.717, 1.165) is 23.9 Å². The van der Waals surface area contributed by atoms with Crippen LogP contribution in [0.3, 0.4) is 0 Å². The molecule has 6 nitrogen and oxygen atoms in total. The minimum atomic E-state index is 0. The van der Waals surface area contributed by atoms with Crippen molar-refractivity contribution in [3.05, 3.63) is 78.0 Å². The third-order valence-corrected chi connectivity index (χ3v) is 3.89. The molecule has 0 radical (unpaired) electrons. The first kappa shape index (κ1) is 20.9. The highest BCUT2D eigenvalue weighted by atomic mass is 127. The minimum Gasteiger partial charge on any atom is -0.357 e. The second-order valence-corrected chi connectivity index (χ2v) is 6.03. The number of aryl methyl sites for hydroxylation is 1. The van der Waals surface area contributed by atoms with E-state index in [-0.39, 0.29) is 24.0 Å². The number of imidazole rings is 1. The van der Waals surface area contributed by atoms with Crippen LogP contribution in [0.4, 0.5) is 0 Å². The Morgan fingerprint density at radius 3 is 2.74 bits per heavy atom. The summed E-state index contributed by atoms with van der Waals surface area (Å²) in [6.45, 7) is 6.29. The molecule has 0 bridgehead atoms. The molecule has 2 aromatic heterocycles. The van der Waals surface area contributed by atoms with Crippen LogP contribution in [0.15, 0.2) is 66.3 Å². The highest BCUT2D eigenvalue weighted by molar-refractivity contribution is 14.0. The number of hydrogen-bond donors (Lipinski definition) is 2. The van der Waals surface area contributed by atoms with Crippen molar-refractivity contribution in [1.82, 2.24) is 25.2 Å². The van der Waals surface area contributed by atoms with Crippen LogP contribution in [0.2, 0.25) is 0 Å². The van der Waals surface area contributed by atoms with Crippen LogP contribution >= 0.6 is 24.0 Å². The number of nitrogens with one attached hydrogen (secondary N) is 2. The number of guanidine groups is 1. The second kappa shape index (κ2) is 10.7. The first-order chi connectivity index (χ1) is 12.7. The quantitative estimate of drug-likeness (QED) is 0.325. The summed E-state index contributed by atoms with van der Waals surface area (Å²) in [4.78, 5) is 13.1. The highest BCUT2D eigenvalue weighted by Crippen LogP contribution is 2.07. The fourth-order valence-corrected chi connectivity index (χ4v) is 2.61. The molecule has 0 saturated carbocycles. The van der Waals surface area contributed by atoms with E-state index in [2.05, 4.69) is 63.7 Å². The van der Waals surface area contributed by atoms with Gasteiger partial charge < -0.3 is 10.6 Å². The molecule has 0 fully saturated rings. The lowest BCUT2D eigenvalue weighted by atomic mass is 10.1. The van der Waals surface area contributed by atoms with Gasteiger partial charge in [-0.25, -0.2) is 15.0 Å². The van der Waals surface area contributed by atoms with Crippen molar-refractivity contribution in [1.29, 1.82) is 0 Å². The average Bonchev–Trinajstić information content (AvgIpc) is 3.19. The molecule has 7 heteroatoms. The largest absolute Gasteiger partial charge is 0.357 e. The number of pyridine rings is 1. The van der Waals surface area contributed by atoms with Crippen LogP contribution in [-0.2, 0) is 13.1 Å². The molecule has 0 saturated heterocycles. The molecule has 27 heavy (non-hydrogen) atoms. The molecule has 0 aliphatic carbocycles. The van der Waals surface area contributed by atoms with Gasteiger partial charge in [-0.1, -0.05) is 29.8 Å². The van der Waals surface area contributed by atoms with Crippen molar-refractivity contribution in [2.45, 2.75) is 26.9 Å². The van der Waals surface area contributed by atoms with Gasteiger partial charge in [0.25, 0.3) is 0 Å². The number of aromatic nitrogens is 3. The zero-order valence-electron chi connectivity index (χ0n) is 15.6. The van der Waals surface area contributed by atoms with E-state index < -0.39 is 0 Å². The van der Waals surface area contributed by atoms with E-state index in [9.17, 15) is 0 Å². The number of rotatable bonds is 6. The van der Waals surface area contributed by atoms with Gasteiger partial charge in [0.15, 0.2) is 5.96 Å². The van der Waals surface area contributed by atoms with Crippen LogP contribution < -0.4 is 10.6 Å². The Morgan fingerprint density at radius 1 is 1.11 bits per heavy atom. The maximum Gasteiger partial charge on any atom is 0.191 e. The van der Waals surface area contributed by atoms with E-state index in [4.69, 9.17) is 0 Å². The fraction of sp³-hybridized carbons (Fsp3) is 0.250. The maximum atomic E-state index is 4.68. The molecule has 2 heterocycles. The first-order valence-electron chi connectivity index (χ1n) is 8.75. The SMILES string of the molecule is CCNC(=NCc1cccc(C)c1)NCc1ccnc(-n2ccnc2)c1.I. The molecule has 142 valence electrons. The van der Waals surface area contributed by atoms with Crippen molar-refractivity contribution in [2.75, 3.05) is 6.54 Å². The van der Waals surface area contributed by atoms with Crippen LogP contribution in [0.1, 0.15) is 23.6 Å². The topological polar surface area (TPSA) is 67.1 Å². The summed E-state index contributed by atoms with van der Waals surface area (Å²) in [6.07, 6.45) is 7.18. The smallest absolute Gasteiger partial charge is 0.191 e. The summed E-state index contributed by atoms with van der Waals surface area (Å²) in [5.41, 5.74) is 3.58. The first-order valence-corrected chi connectivity index (χ1v) is 8.75. The molecule has 0 aliphatic heterocycles.